The Morgan fingerprint density at radius 1 is 1.08 bits per heavy atom. The maximum atomic E-state index is 12.7. The van der Waals surface area contributed by atoms with Gasteiger partial charge in [-0.15, -0.1) is 6.58 Å². The highest BCUT2D eigenvalue weighted by atomic mass is 16.2. The summed E-state index contributed by atoms with van der Waals surface area (Å²) in [5.41, 5.74) is 2.72. The smallest absolute Gasteiger partial charge is 0.269 e. The average Bonchev–Trinajstić information content (AvgIpc) is 2.88. The molecule has 2 heterocycles. The lowest BCUT2D eigenvalue weighted by Crippen LogP contribution is -2.31. The molecule has 1 aliphatic carbocycles. The molecule has 0 fully saturated rings. The van der Waals surface area contributed by atoms with Crippen molar-refractivity contribution in [1.82, 2.24) is 9.55 Å². The Balaban J connectivity index is 1.84. The molecular weight excluding hydrogens is 318 g/mol. The van der Waals surface area contributed by atoms with Gasteiger partial charge in [-0.1, -0.05) is 6.08 Å². The lowest BCUT2D eigenvalue weighted by molar-refractivity contribution is -0.120. The minimum atomic E-state index is -0.249. The molecule has 0 bridgehead atoms. The van der Waals surface area contributed by atoms with Crippen molar-refractivity contribution in [3.05, 3.63) is 58.6 Å². The number of anilines is 1. The predicted molar refractivity (Wildman–Crippen MR) is 94.2 cm³/mol. The molecule has 2 aromatic rings. The SMILES string of the molecule is C=CCn1c(=O)cnc2ccc(N3C(=O)C4=C(CCCC4)C3=O)cc21. The second-order valence-corrected chi connectivity index (χ2v) is 6.28. The zero-order valence-electron chi connectivity index (χ0n) is 13.7. The zero-order chi connectivity index (χ0) is 17.6. The summed E-state index contributed by atoms with van der Waals surface area (Å²) in [6.45, 7) is 4.00. The highest BCUT2D eigenvalue weighted by Crippen LogP contribution is 2.36. The molecule has 6 nitrogen and oxygen atoms in total. The summed E-state index contributed by atoms with van der Waals surface area (Å²) in [7, 11) is 0. The van der Waals surface area contributed by atoms with Gasteiger partial charge in [0.15, 0.2) is 0 Å². The van der Waals surface area contributed by atoms with Crippen LogP contribution < -0.4 is 10.5 Å². The Labute approximate surface area is 144 Å². The summed E-state index contributed by atoms with van der Waals surface area (Å²) in [5, 5.41) is 0. The van der Waals surface area contributed by atoms with Gasteiger partial charge in [0.05, 0.1) is 22.9 Å². The van der Waals surface area contributed by atoms with Crippen molar-refractivity contribution in [2.75, 3.05) is 4.90 Å². The van der Waals surface area contributed by atoms with E-state index in [1.165, 1.54) is 15.7 Å². The van der Waals surface area contributed by atoms with Gasteiger partial charge in [0, 0.05) is 17.7 Å². The van der Waals surface area contributed by atoms with Gasteiger partial charge in [-0.3, -0.25) is 14.4 Å². The lowest BCUT2D eigenvalue weighted by Gasteiger charge is -2.16. The van der Waals surface area contributed by atoms with E-state index in [1.54, 1.807) is 24.3 Å². The molecule has 0 spiro atoms. The van der Waals surface area contributed by atoms with E-state index >= 15 is 0 Å². The van der Waals surface area contributed by atoms with E-state index in [1.807, 2.05) is 0 Å². The molecule has 4 rings (SSSR count). The van der Waals surface area contributed by atoms with E-state index < -0.39 is 0 Å². The Bertz CT molecular complexity index is 988. The van der Waals surface area contributed by atoms with Gasteiger partial charge in [-0.25, -0.2) is 9.88 Å². The van der Waals surface area contributed by atoms with Gasteiger partial charge < -0.3 is 4.57 Å². The van der Waals surface area contributed by atoms with Crippen molar-refractivity contribution in [1.29, 1.82) is 0 Å². The number of hydrogen-bond acceptors (Lipinski definition) is 4. The van der Waals surface area contributed by atoms with Gasteiger partial charge in [-0.05, 0) is 43.9 Å². The van der Waals surface area contributed by atoms with Crippen molar-refractivity contribution < 1.29 is 9.59 Å². The Kier molecular flexibility index (Phi) is 3.60. The number of allylic oxidation sites excluding steroid dienone is 1. The molecule has 2 aliphatic rings. The molecular formula is C19H17N3O3. The van der Waals surface area contributed by atoms with Crippen LogP contribution in [0.15, 0.2) is 53.0 Å². The third kappa shape index (κ3) is 2.33. The normalized spacial score (nSPS) is 17.4. The number of amides is 2. The number of benzene rings is 1. The van der Waals surface area contributed by atoms with Crippen LogP contribution in [0, 0.1) is 0 Å². The van der Waals surface area contributed by atoms with E-state index in [-0.39, 0.29) is 17.4 Å². The number of imide groups is 1. The molecule has 126 valence electrons. The second kappa shape index (κ2) is 5.81. The van der Waals surface area contributed by atoms with Gasteiger partial charge in [0.25, 0.3) is 17.4 Å². The first-order valence-corrected chi connectivity index (χ1v) is 8.33. The molecule has 0 atom stereocenters. The zero-order valence-corrected chi connectivity index (χ0v) is 13.7. The third-order valence-corrected chi connectivity index (χ3v) is 4.79. The Morgan fingerprint density at radius 2 is 1.76 bits per heavy atom. The number of carbonyl (C=O) groups is 2. The van der Waals surface area contributed by atoms with E-state index in [2.05, 4.69) is 11.6 Å². The fraction of sp³-hybridized carbons (Fsp3) is 0.263. The fourth-order valence-corrected chi connectivity index (χ4v) is 3.58. The lowest BCUT2D eigenvalue weighted by atomic mass is 9.93. The summed E-state index contributed by atoms with van der Waals surface area (Å²) >= 11 is 0. The molecule has 0 saturated heterocycles. The maximum absolute atomic E-state index is 12.7. The monoisotopic (exact) mass is 335 g/mol. The van der Waals surface area contributed by atoms with E-state index in [9.17, 15) is 14.4 Å². The summed E-state index contributed by atoms with van der Waals surface area (Å²) in [5.74, 6) is -0.471. The van der Waals surface area contributed by atoms with Crippen molar-refractivity contribution in [2.24, 2.45) is 0 Å². The minimum absolute atomic E-state index is 0.236. The number of rotatable bonds is 3. The first-order valence-electron chi connectivity index (χ1n) is 8.33. The molecule has 6 heteroatoms. The van der Waals surface area contributed by atoms with Crippen LogP contribution in [-0.4, -0.2) is 21.4 Å². The number of carbonyl (C=O) groups excluding carboxylic acids is 2. The highest BCUT2D eigenvalue weighted by molar-refractivity contribution is 6.33. The molecule has 0 radical (unpaired) electrons. The first-order chi connectivity index (χ1) is 12.1. The first kappa shape index (κ1) is 15.5. The van der Waals surface area contributed by atoms with Crippen molar-refractivity contribution >= 4 is 28.5 Å². The van der Waals surface area contributed by atoms with E-state index in [0.717, 1.165) is 12.8 Å². The van der Waals surface area contributed by atoms with Crippen LogP contribution in [0.1, 0.15) is 25.7 Å². The number of fused-ring (bicyclic) bond motifs is 1. The van der Waals surface area contributed by atoms with Gasteiger partial charge in [0.2, 0.25) is 0 Å². The Hall–Kier alpha value is -3.02. The van der Waals surface area contributed by atoms with Crippen LogP contribution >= 0.6 is 0 Å². The number of nitrogens with zero attached hydrogens (tertiary/aromatic N) is 3. The molecule has 1 aromatic carbocycles. The van der Waals surface area contributed by atoms with Crippen LogP contribution in [0.4, 0.5) is 5.69 Å². The molecule has 0 N–H and O–H groups in total. The van der Waals surface area contributed by atoms with Gasteiger partial charge >= 0.3 is 0 Å². The molecule has 25 heavy (non-hydrogen) atoms. The van der Waals surface area contributed by atoms with Crippen LogP contribution in [0.25, 0.3) is 11.0 Å². The quantitative estimate of drug-likeness (QED) is 0.637. The fourth-order valence-electron chi connectivity index (χ4n) is 3.58. The summed E-state index contributed by atoms with van der Waals surface area (Å²) in [6.07, 6.45) is 6.08. The Morgan fingerprint density at radius 3 is 2.40 bits per heavy atom. The molecule has 1 aliphatic heterocycles. The second-order valence-electron chi connectivity index (χ2n) is 6.28. The van der Waals surface area contributed by atoms with Gasteiger partial charge in [0.1, 0.15) is 0 Å². The summed E-state index contributed by atoms with van der Waals surface area (Å²) < 4.78 is 1.52. The van der Waals surface area contributed by atoms with E-state index in [4.69, 9.17) is 0 Å². The molecule has 1 aromatic heterocycles. The topological polar surface area (TPSA) is 72.3 Å². The largest absolute Gasteiger partial charge is 0.302 e. The van der Waals surface area contributed by atoms with Crippen LogP contribution in [-0.2, 0) is 16.1 Å². The average molecular weight is 335 g/mol. The van der Waals surface area contributed by atoms with Crippen LogP contribution in [0.3, 0.4) is 0 Å². The summed E-state index contributed by atoms with van der Waals surface area (Å²) in [4.78, 5) is 42.9. The number of aromatic nitrogens is 2. The minimum Gasteiger partial charge on any atom is -0.302 e. The maximum Gasteiger partial charge on any atom is 0.269 e. The number of hydrogen-bond donors (Lipinski definition) is 0. The molecule has 0 saturated carbocycles. The predicted octanol–water partition coefficient (Wildman–Crippen LogP) is 2.33. The highest BCUT2D eigenvalue weighted by Gasteiger charge is 2.39. The van der Waals surface area contributed by atoms with Crippen molar-refractivity contribution in [2.45, 2.75) is 32.2 Å². The van der Waals surface area contributed by atoms with Crippen molar-refractivity contribution in [3.63, 3.8) is 0 Å². The third-order valence-electron chi connectivity index (χ3n) is 4.79. The van der Waals surface area contributed by atoms with Gasteiger partial charge in [-0.2, -0.15) is 0 Å². The van der Waals surface area contributed by atoms with Crippen molar-refractivity contribution in [3.8, 4) is 0 Å². The van der Waals surface area contributed by atoms with E-state index in [0.29, 0.717) is 47.3 Å². The summed E-state index contributed by atoms with van der Waals surface area (Å²) in [6, 6.07) is 5.11. The standard InChI is InChI=1S/C19H17N3O3/c1-2-9-21-16-10-12(7-8-15(16)20-11-17(21)23)22-18(24)13-5-3-4-6-14(13)19(22)25/h2,7-8,10-11H,1,3-6,9H2. The van der Waals surface area contributed by atoms with Crippen LogP contribution in [0.2, 0.25) is 0 Å². The van der Waals surface area contributed by atoms with Crippen LogP contribution in [0.5, 0.6) is 0 Å². The molecule has 2 amide bonds. The molecule has 0 unspecified atom stereocenters.